The molecular weight excluding hydrogens is 267 g/mol. The van der Waals surface area contributed by atoms with E-state index in [1.807, 2.05) is 6.07 Å². The van der Waals surface area contributed by atoms with Crippen molar-refractivity contribution in [3.63, 3.8) is 0 Å². The second-order valence-corrected chi connectivity index (χ2v) is 6.84. The summed E-state index contributed by atoms with van der Waals surface area (Å²) < 4.78 is 38.7. The molecule has 106 valence electrons. The molecule has 1 atom stereocenters. The molecule has 1 aliphatic rings. The zero-order chi connectivity index (χ0) is 13.9. The molecule has 1 heterocycles. The molecule has 0 spiro atoms. The molecule has 1 aromatic rings. The van der Waals surface area contributed by atoms with Crippen LogP contribution in [0, 0.1) is 5.82 Å². The maximum Gasteiger partial charge on any atom is 0.208 e. The molecule has 1 saturated heterocycles. The van der Waals surface area contributed by atoms with Crippen LogP contribution in [0.2, 0.25) is 0 Å². The summed E-state index contributed by atoms with van der Waals surface area (Å²) in [7, 11) is -3.18. The maximum atomic E-state index is 13.6. The van der Waals surface area contributed by atoms with Gasteiger partial charge in [0, 0.05) is 24.7 Å². The average molecular weight is 286 g/mol. The number of hydrogen-bond donors (Lipinski definition) is 1. The van der Waals surface area contributed by atoms with E-state index in [0.29, 0.717) is 18.7 Å². The summed E-state index contributed by atoms with van der Waals surface area (Å²) in [5.41, 5.74) is 0.655. The van der Waals surface area contributed by atoms with Gasteiger partial charge in [0.25, 0.3) is 0 Å². The molecule has 0 aliphatic carbocycles. The molecule has 1 aromatic carbocycles. The van der Waals surface area contributed by atoms with Crippen LogP contribution in [0.15, 0.2) is 24.3 Å². The second-order valence-electron chi connectivity index (χ2n) is 5.06. The molecule has 1 N–H and O–H groups in total. The van der Waals surface area contributed by atoms with E-state index in [-0.39, 0.29) is 11.9 Å². The zero-order valence-electron chi connectivity index (χ0n) is 11.0. The fourth-order valence-corrected chi connectivity index (χ4v) is 3.26. The molecule has 1 unspecified atom stereocenters. The van der Waals surface area contributed by atoms with E-state index in [1.54, 1.807) is 12.1 Å². The van der Waals surface area contributed by atoms with E-state index in [9.17, 15) is 12.8 Å². The third-order valence-corrected chi connectivity index (χ3v) is 4.00. The highest BCUT2D eigenvalue weighted by Crippen LogP contribution is 2.16. The number of rotatable bonds is 4. The van der Waals surface area contributed by atoms with E-state index < -0.39 is 10.0 Å². The van der Waals surface area contributed by atoms with Gasteiger partial charge in [0.15, 0.2) is 0 Å². The van der Waals surface area contributed by atoms with Gasteiger partial charge >= 0.3 is 0 Å². The van der Waals surface area contributed by atoms with Crippen LogP contribution in [-0.2, 0) is 16.6 Å². The topological polar surface area (TPSA) is 49.4 Å². The summed E-state index contributed by atoms with van der Waals surface area (Å²) >= 11 is 0. The van der Waals surface area contributed by atoms with Gasteiger partial charge in [-0.3, -0.25) is 4.90 Å². The Hall–Kier alpha value is -0.980. The van der Waals surface area contributed by atoms with Crippen molar-refractivity contribution in [2.24, 2.45) is 0 Å². The van der Waals surface area contributed by atoms with Gasteiger partial charge < -0.3 is 0 Å². The number of nitrogens with zero attached hydrogens (tertiary/aromatic N) is 1. The van der Waals surface area contributed by atoms with E-state index in [1.165, 1.54) is 12.3 Å². The molecule has 0 bridgehead atoms. The Balaban J connectivity index is 1.96. The Morgan fingerprint density at radius 2 is 2.16 bits per heavy atom. The lowest BCUT2D eigenvalue weighted by molar-refractivity contribution is 0.192. The molecule has 4 nitrogen and oxygen atoms in total. The Labute approximate surface area is 113 Å². The number of halogens is 1. The minimum absolute atomic E-state index is 0.0736. The van der Waals surface area contributed by atoms with Crippen LogP contribution in [0.4, 0.5) is 4.39 Å². The second kappa shape index (κ2) is 5.98. The third kappa shape index (κ3) is 4.56. The monoisotopic (exact) mass is 286 g/mol. The fourth-order valence-electron chi connectivity index (χ4n) is 2.47. The summed E-state index contributed by atoms with van der Waals surface area (Å²) in [6.07, 6.45) is 2.92. The number of nitrogens with one attached hydrogen (secondary N) is 1. The van der Waals surface area contributed by atoms with Crippen molar-refractivity contribution >= 4 is 10.0 Å². The van der Waals surface area contributed by atoms with Gasteiger partial charge in [-0.1, -0.05) is 18.2 Å². The Morgan fingerprint density at radius 1 is 1.42 bits per heavy atom. The lowest BCUT2D eigenvalue weighted by Gasteiger charge is -2.32. The van der Waals surface area contributed by atoms with Gasteiger partial charge in [-0.05, 0) is 25.5 Å². The van der Waals surface area contributed by atoms with Crippen molar-refractivity contribution in [2.45, 2.75) is 25.4 Å². The molecular formula is C13H19FN2O2S. The van der Waals surface area contributed by atoms with E-state index in [2.05, 4.69) is 9.62 Å². The lowest BCUT2D eigenvalue weighted by Crippen LogP contribution is -2.47. The van der Waals surface area contributed by atoms with Crippen LogP contribution in [-0.4, -0.2) is 38.7 Å². The quantitative estimate of drug-likeness (QED) is 0.908. The van der Waals surface area contributed by atoms with Gasteiger partial charge in [-0.15, -0.1) is 0 Å². The molecule has 6 heteroatoms. The van der Waals surface area contributed by atoms with Gasteiger partial charge in [-0.2, -0.15) is 0 Å². The smallest absolute Gasteiger partial charge is 0.208 e. The lowest BCUT2D eigenvalue weighted by atomic mass is 10.1. The van der Waals surface area contributed by atoms with Crippen molar-refractivity contribution in [2.75, 3.05) is 19.3 Å². The zero-order valence-corrected chi connectivity index (χ0v) is 11.8. The van der Waals surface area contributed by atoms with Crippen LogP contribution in [0.3, 0.4) is 0 Å². The normalized spacial score (nSPS) is 21.5. The van der Waals surface area contributed by atoms with Crippen molar-refractivity contribution in [3.8, 4) is 0 Å². The van der Waals surface area contributed by atoms with Crippen LogP contribution < -0.4 is 4.72 Å². The third-order valence-electron chi connectivity index (χ3n) is 3.24. The van der Waals surface area contributed by atoms with E-state index in [4.69, 9.17) is 0 Å². The van der Waals surface area contributed by atoms with Crippen LogP contribution in [0.1, 0.15) is 18.4 Å². The number of sulfonamides is 1. The minimum Gasteiger partial charge on any atom is -0.297 e. The molecule has 0 aromatic heterocycles. The van der Waals surface area contributed by atoms with Gasteiger partial charge in [0.05, 0.1) is 6.26 Å². The highest BCUT2D eigenvalue weighted by Gasteiger charge is 2.22. The van der Waals surface area contributed by atoms with E-state index >= 15 is 0 Å². The number of likely N-dealkylation sites (tertiary alicyclic amines) is 1. The molecule has 1 fully saturated rings. The SMILES string of the molecule is CS(=O)(=O)NC1CCCN(Cc2ccccc2F)C1. The average Bonchev–Trinajstić information content (AvgIpc) is 2.30. The summed E-state index contributed by atoms with van der Waals surface area (Å²) in [5.74, 6) is -0.208. The highest BCUT2D eigenvalue weighted by molar-refractivity contribution is 7.88. The largest absolute Gasteiger partial charge is 0.297 e. The summed E-state index contributed by atoms with van der Waals surface area (Å²) in [6.45, 7) is 2.02. The predicted octanol–water partition coefficient (Wildman–Crippen LogP) is 1.34. The van der Waals surface area contributed by atoms with Crippen LogP contribution >= 0.6 is 0 Å². The molecule has 0 amide bonds. The Kier molecular flexibility index (Phi) is 4.54. The summed E-state index contributed by atoms with van der Waals surface area (Å²) in [4.78, 5) is 2.09. The standard InChI is InChI=1S/C13H19FN2O2S/c1-19(17,18)15-12-6-4-8-16(10-12)9-11-5-2-3-7-13(11)14/h2-3,5,7,12,15H,4,6,8-10H2,1H3. The molecule has 19 heavy (non-hydrogen) atoms. The number of benzene rings is 1. The van der Waals surface area contributed by atoms with Crippen molar-refractivity contribution in [3.05, 3.63) is 35.6 Å². The molecule has 0 saturated carbocycles. The summed E-state index contributed by atoms with van der Waals surface area (Å²) in [6, 6.07) is 6.63. The first-order chi connectivity index (χ1) is 8.94. The summed E-state index contributed by atoms with van der Waals surface area (Å²) in [5, 5.41) is 0. The minimum atomic E-state index is -3.18. The maximum absolute atomic E-state index is 13.6. The van der Waals surface area contributed by atoms with Crippen molar-refractivity contribution in [1.29, 1.82) is 0 Å². The van der Waals surface area contributed by atoms with Gasteiger partial charge in [0.2, 0.25) is 10.0 Å². The predicted molar refractivity (Wildman–Crippen MR) is 72.7 cm³/mol. The first kappa shape index (κ1) is 14.4. The number of hydrogen-bond acceptors (Lipinski definition) is 3. The van der Waals surface area contributed by atoms with Gasteiger partial charge in [0.1, 0.15) is 5.82 Å². The molecule has 0 radical (unpaired) electrons. The first-order valence-corrected chi connectivity index (χ1v) is 8.26. The fraction of sp³-hybridized carbons (Fsp3) is 0.538. The number of piperidine rings is 1. The Morgan fingerprint density at radius 3 is 2.84 bits per heavy atom. The molecule has 1 aliphatic heterocycles. The van der Waals surface area contributed by atoms with E-state index in [0.717, 1.165) is 19.4 Å². The van der Waals surface area contributed by atoms with Crippen LogP contribution in [0.25, 0.3) is 0 Å². The molecule has 2 rings (SSSR count). The highest BCUT2D eigenvalue weighted by atomic mass is 32.2. The van der Waals surface area contributed by atoms with Crippen molar-refractivity contribution < 1.29 is 12.8 Å². The first-order valence-electron chi connectivity index (χ1n) is 6.37. The Bertz CT molecular complexity index is 533. The van der Waals surface area contributed by atoms with Gasteiger partial charge in [-0.25, -0.2) is 17.5 Å². The van der Waals surface area contributed by atoms with Crippen molar-refractivity contribution in [1.82, 2.24) is 9.62 Å². The van der Waals surface area contributed by atoms with Crippen LogP contribution in [0.5, 0.6) is 0 Å².